The van der Waals surface area contributed by atoms with E-state index in [9.17, 15) is 9.59 Å². The molecule has 0 saturated heterocycles. The lowest BCUT2D eigenvalue weighted by atomic mass is 10.1. The third kappa shape index (κ3) is 8.29. The highest BCUT2D eigenvalue weighted by atomic mass is 16.6. The summed E-state index contributed by atoms with van der Waals surface area (Å²) in [5, 5.41) is 11.3. The fraction of sp³-hybridized carbons (Fsp3) is 0.529. The van der Waals surface area contributed by atoms with E-state index in [0.717, 1.165) is 37.8 Å². The summed E-state index contributed by atoms with van der Waals surface area (Å²) < 4.78 is 5.40. The van der Waals surface area contributed by atoms with E-state index in [0.29, 0.717) is 6.42 Å². The van der Waals surface area contributed by atoms with Crippen molar-refractivity contribution in [3.05, 3.63) is 30.3 Å². The van der Waals surface area contributed by atoms with Crippen molar-refractivity contribution >= 4 is 17.7 Å². The summed E-state index contributed by atoms with van der Waals surface area (Å²) in [6, 6.07) is 9.21. The van der Waals surface area contributed by atoms with Crippen molar-refractivity contribution in [3.63, 3.8) is 0 Å². The highest BCUT2D eigenvalue weighted by molar-refractivity contribution is 5.84. The number of unbranched alkanes of at least 4 members (excludes halogenated alkanes) is 3. The molecule has 0 bridgehead atoms. The molecule has 0 aliphatic carbocycles. The Labute approximate surface area is 131 Å². The van der Waals surface area contributed by atoms with E-state index in [1.807, 2.05) is 37.3 Å². The number of rotatable bonds is 10. The highest BCUT2D eigenvalue weighted by Crippen LogP contribution is 2.13. The van der Waals surface area contributed by atoms with Crippen LogP contribution in [-0.4, -0.2) is 23.3 Å². The maximum atomic E-state index is 11.8. The predicted molar refractivity (Wildman–Crippen MR) is 86.0 cm³/mol. The van der Waals surface area contributed by atoms with Crippen LogP contribution in [0.1, 0.15) is 51.9 Å². The molecule has 1 aromatic carbocycles. The fourth-order valence-corrected chi connectivity index (χ4v) is 2.17. The molecule has 22 heavy (non-hydrogen) atoms. The van der Waals surface area contributed by atoms with Crippen LogP contribution in [0.15, 0.2) is 30.3 Å². The predicted octanol–water partition coefficient (Wildman–Crippen LogP) is 4.44. The first-order chi connectivity index (χ1) is 10.6. The molecular weight excluding hydrogens is 282 g/mol. The van der Waals surface area contributed by atoms with Gasteiger partial charge in [-0.05, 0) is 37.8 Å². The number of para-hydroxylation sites is 1. The Hall–Kier alpha value is -2.04. The second-order valence-electron chi connectivity index (χ2n) is 5.27. The third-order valence-corrected chi connectivity index (χ3v) is 3.42. The lowest BCUT2D eigenvalue weighted by Gasteiger charge is -2.16. The van der Waals surface area contributed by atoms with Crippen LogP contribution in [-0.2, 0) is 9.53 Å². The second kappa shape index (κ2) is 10.7. The molecule has 0 fully saturated rings. The van der Waals surface area contributed by atoms with Gasteiger partial charge in [0.1, 0.15) is 6.10 Å². The molecule has 1 atom stereocenters. The van der Waals surface area contributed by atoms with E-state index < -0.39 is 12.1 Å². The van der Waals surface area contributed by atoms with Crippen molar-refractivity contribution in [1.29, 1.82) is 0 Å². The molecule has 1 aromatic rings. The zero-order valence-electron chi connectivity index (χ0n) is 13.1. The fourth-order valence-electron chi connectivity index (χ4n) is 2.17. The highest BCUT2D eigenvalue weighted by Gasteiger charge is 2.12. The van der Waals surface area contributed by atoms with Gasteiger partial charge in [-0.25, -0.2) is 4.79 Å². The van der Waals surface area contributed by atoms with Crippen molar-refractivity contribution in [2.45, 2.75) is 58.0 Å². The minimum Gasteiger partial charge on any atom is -0.481 e. The smallest absolute Gasteiger partial charge is 0.411 e. The number of carboxylic acids is 1. The zero-order chi connectivity index (χ0) is 16.2. The van der Waals surface area contributed by atoms with Gasteiger partial charge in [0.05, 0.1) is 0 Å². The number of hydrogen-bond donors (Lipinski definition) is 2. The quantitative estimate of drug-likeness (QED) is 0.627. The zero-order valence-corrected chi connectivity index (χ0v) is 13.1. The maximum Gasteiger partial charge on any atom is 0.411 e. The van der Waals surface area contributed by atoms with Crippen LogP contribution in [0.5, 0.6) is 0 Å². The molecule has 0 aliphatic rings. The summed E-state index contributed by atoms with van der Waals surface area (Å²) in [7, 11) is 0. The summed E-state index contributed by atoms with van der Waals surface area (Å²) in [6.07, 6.45) is 4.81. The Morgan fingerprint density at radius 3 is 2.45 bits per heavy atom. The average Bonchev–Trinajstić information content (AvgIpc) is 2.50. The van der Waals surface area contributed by atoms with Crippen molar-refractivity contribution in [2.75, 3.05) is 5.32 Å². The molecule has 1 amide bonds. The van der Waals surface area contributed by atoms with Crippen molar-refractivity contribution < 1.29 is 19.4 Å². The number of ether oxygens (including phenoxy) is 1. The molecule has 122 valence electrons. The average molecular weight is 307 g/mol. The van der Waals surface area contributed by atoms with Crippen LogP contribution < -0.4 is 5.32 Å². The standard InChI is InChI=1S/C17H25NO4/c1-2-15(12-8-3-4-9-13-16(19)20)22-17(21)18-14-10-6-5-7-11-14/h5-7,10-11,15H,2-4,8-9,12-13H2,1H3,(H,18,21)(H,19,20). The summed E-state index contributed by atoms with van der Waals surface area (Å²) >= 11 is 0. The van der Waals surface area contributed by atoms with Crippen LogP contribution in [0.25, 0.3) is 0 Å². The number of hydrogen-bond acceptors (Lipinski definition) is 3. The first-order valence-corrected chi connectivity index (χ1v) is 7.86. The topological polar surface area (TPSA) is 75.6 Å². The van der Waals surface area contributed by atoms with Crippen molar-refractivity contribution in [1.82, 2.24) is 0 Å². The number of carbonyl (C=O) groups excluding carboxylic acids is 1. The van der Waals surface area contributed by atoms with Gasteiger partial charge >= 0.3 is 12.1 Å². The van der Waals surface area contributed by atoms with Gasteiger partial charge in [0.2, 0.25) is 0 Å². The van der Waals surface area contributed by atoms with E-state index in [2.05, 4.69) is 5.32 Å². The van der Waals surface area contributed by atoms with Crippen LogP contribution in [0.4, 0.5) is 10.5 Å². The van der Waals surface area contributed by atoms with Gasteiger partial charge in [-0.1, -0.05) is 38.0 Å². The molecule has 0 spiro atoms. The Morgan fingerprint density at radius 2 is 1.82 bits per heavy atom. The molecule has 5 nitrogen and oxygen atoms in total. The second-order valence-corrected chi connectivity index (χ2v) is 5.27. The Kier molecular flexibility index (Phi) is 8.72. The van der Waals surface area contributed by atoms with Crippen LogP contribution >= 0.6 is 0 Å². The number of benzene rings is 1. The van der Waals surface area contributed by atoms with Crippen LogP contribution in [0.2, 0.25) is 0 Å². The first-order valence-electron chi connectivity index (χ1n) is 7.86. The van der Waals surface area contributed by atoms with Gasteiger partial charge in [-0.2, -0.15) is 0 Å². The number of amides is 1. The Balaban J connectivity index is 2.18. The summed E-state index contributed by atoms with van der Waals surface area (Å²) in [6.45, 7) is 1.99. The number of anilines is 1. The largest absolute Gasteiger partial charge is 0.481 e. The molecule has 0 aliphatic heterocycles. The van der Waals surface area contributed by atoms with Gasteiger partial charge in [0.25, 0.3) is 0 Å². The first kappa shape index (κ1) is 18.0. The number of carbonyl (C=O) groups is 2. The summed E-state index contributed by atoms with van der Waals surface area (Å²) in [4.78, 5) is 22.2. The van der Waals surface area contributed by atoms with E-state index in [-0.39, 0.29) is 12.5 Å². The monoisotopic (exact) mass is 307 g/mol. The van der Waals surface area contributed by atoms with Crippen molar-refractivity contribution in [2.24, 2.45) is 0 Å². The molecule has 0 saturated carbocycles. The van der Waals surface area contributed by atoms with Gasteiger partial charge in [0, 0.05) is 12.1 Å². The SMILES string of the molecule is CCC(CCCCCCC(=O)O)OC(=O)Nc1ccccc1. The molecule has 5 heteroatoms. The van der Waals surface area contributed by atoms with Crippen molar-refractivity contribution in [3.8, 4) is 0 Å². The number of aliphatic carboxylic acids is 1. The van der Waals surface area contributed by atoms with Gasteiger partial charge in [-0.3, -0.25) is 10.1 Å². The van der Waals surface area contributed by atoms with Crippen LogP contribution in [0.3, 0.4) is 0 Å². The molecule has 0 radical (unpaired) electrons. The minimum absolute atomic E-state index is 0.0943. The summed E-state index contributed by atoms with van der Waals surface area (Å²) in [5.74, 6) is -0.743. The maximum absolute atomic E-state index is 11.8. The molecule has 0 aromatic heterocycles. The normalized spacial score (nSPS) is 11.7. The molecule has 1 rings (SSSR count). The Bertz CT molecular complexity index is 447. The van der Waals surface area contributed by atoms with Gasteiger partial charge < -0.3 is 9.84 Å². The molecule has 0 heterocycles. The van der Waals surface area contributed by atoms with Gasteiger partial charge in [0.15, 0.2) is 0 Å². The van der Waals surface area contributed by atoms with E-state index in [4.69, 9.17) is 9.84 Å². The number of carboxylic acid groups (broad SMARTS) is 1. The molecule has 2 N–H and O–H groups in total. The lowest BCUT2D eigenvalue weighted by molar-refractivity contribution is -0.137. The lowest BCUT2D eigenvalue weighted by Crippen LogP contribution is -2.22. The van der Waals surface area contributed by atoms with Crippen LogP contribution in [0, 0.1) is 0 Å². The van der Waals surface area contributed by atoms with E-state index in [1.54, 1.807) is 0 Å². The molecule has 1 unspecified atom stereocenters. The summed E-state index contributed by atoms with van der Waals surface area (Å²) in [5.41, 5.74) is 0.719. The van der Waals surface area contributed by atoms with Gasteiger partial charge in [-0.15, -0.1) is 0 Å². The third-order valence-electron chi connectivity index (χ3n) is 3.42. The molecular formula is C17H25NO4. The number of nitrogens with one attached hydrogen (secondary N) is 1. The minimum atomic E-state index is -0.743. The Morgan fingerprint density at radius 1 is 1.14 bits per heavy atom. The van der Waals surface area contributed by atoms with E-state index in [1.165, 1.54) is 0 Å². The van der Waals surface area contributed by atoms with E-state index >= 15 is 0 Å².